The lowest BCUT2D eigenvalue weighted by molar-refractivity contribution is -0.141. The molecular weight excluding hydrogens is 325 g/mol. The molecule has 0 radical (unpaired) electrons. The van der Waals surface area contributed by atoms with Crippen LogP contribution in [0.5, 0.6) is 0 Å². The molecular formula is C15H17F3N4O2. The quantitative estimate of drug-likeness (QED) is 0.881. The third-order valence-electron chi connectivity index (χ3n) is 4.10. The molecule has 0 aliphatic carbocycles. The van der Waals surface area contributed by atoms with Crippen LogP contribution < -0.4 is 5.32 Å². The monoisotopic (exact) mass is 342 g/mol. The summed E-state index contributed by atoms with van der Waals surface area (Å²) >= 11 is 0. The number of imidazole rings is 1. The first-order valence-corrected chi connectivity index (χ1v) is 7.67. The average molecular weight is 342 g/mol. The summed E-state index contributed by atoms with van der Waals surface area (Å²) in [5.74, 6) is -0.202. The lowest BCUT2D eigenvalue weighted by atomic mass is 9.97. The summed E-state index contributed by atoms with van der Waals surface area (Å²) in [4.78, 5) is 19.8. The molecule has 1 aliphatic heterocycles. The molecule has 0 spiro atoms. The van der Waals surface area contributed by atoms with Gasteiger partial charge in [0.05, 0.1) is 19.0 Å². The predicted octanol–water partition coefficient (Wildman–Crippen LogP) is 1.52. The molecule has 130 valence electrons. The highest BCUT2D eigenvalue weighted by Crippen LogP contribution is 2.28. The summed E-state index contributed by atoms with van der Waals surface area (Å²) in [6.45, 7) is 0.606. The first kappa shape index (κ1) is 16.8. The van der Waals surface area contributed by atoms with Gasteiger partial charge in [0.2, 0.25) is 0 Å². The number of rotatable bonds is 4. The van der Waals surface area contributed by atoms with Gasteiger partial charge in [0.1, 0.15) is 11.2 Å². The van der Waals surface area contributed by atoms with Crippen LogP contribution in [0, 0.1) is 0 Å². The number of nitrogens with zero attached hydrogens (tertiary/aromatic N) is 3. The van der Waals surface area contributed by atoms with E-state index in [0.717, 1.165) is 19.0 Å². The van der Waals surface area contributed by atoms with Crippen LogP contribution in [0.15, 0.2) is 18.5 Å². The van der Waals surface area contributed by atoms with Crippen LogP contribution in [0.25, 0.3) is 11.2 Å². The molecule has 2 N–H and O–H groups in total. The third-order valence-corrected chi connectivity index (χ3v) is 4.10. The van der Waals surface area contributed by atoms with E-state index >= 15 is 0 Å². The number of piperidine rings is 1. The zero-order chi connectivity index (χ0) is 17.3. The van der Waals surface area contributed by atoms with Gasteiger partial charge in [-0.3, -0.25) is 4.79 Å². The SMILES string of the molecule is O=C(C[C@H]1NCCC[C@@H]1O)Cn1cnc2ccc(C(F)(F)F)nc21. The second-order valence-corrected chi connectivity index (χ2v) is 5.92. The maximum absolute atomic E-state index is 12.8. The van der Waals surface area contributed by atoms with Crippen molar-refractivity contribution in [2.45, 2.75) is 44.1 Å². The number of aromatic nitrogens is 3. The molecule has 0 unspecified atom stereocenters. The number of aliphatic hydroxyl groups is 1. The predicted molar refractivity (Wildman–Crippen MR) is 79.2 cm³/mol. The molecule has 3 rings (SSSR count). The zero-order valence-electron chi connectivity index (χ0n) is 12.8. The van der Waals surface area contributed by atoms with Crippen molar-refractivity contribution in [1.29, 1.82) is 0 Å². The Morgan fingerprint density at radius 2 is 2.21 bits per heavy atom. The summed E-state index contributed by atoms with van der Waals surface area (Å²) in [5.41, 5.74) is -0.699. The van der Waals surface area contributed by atoms with E-state index in [1.54, 1.807) is 0 Å². The van der Waals surface area contributed by atoms with E-state index in [4.69, 9.17) is 0 Å². The van der Waals surface area contributed by atoms with Crippen LogP contribution >= 0.6 is 0 Å². The Bertz CT molecular complexity index is 744. The van der Waals surface area contributed by atoms with Gasteiger partial charge >= 0.3 is 6.18 Å². The number of alkyl halides is 3. The Kier molecular flexibility index (Phi) is 4.55. The number of ketones is 1. The Labute approximate surface area is 135 Å². The van der Waals surface area contributed by atoms with Crippen molar-refractivity contribution in [3.63, 3.8) is 0 Å². The van der Waals surface area contributed by atoms with E-state index < -0.39 is 18.0 Å². The number of hydrogen-bond donors (Lipinski definition) is 2. The highest BCUT2D eigenvalue weighted by atomic mass is 19.4. The number of Topliss-reactive ketones (excluding diaryl/α,β-unsaturated/α-hetero) is 1. The van der Waals surface area contributed by atoms with Crippen LogP contribution in [-0.2, 0) is 17.5 Å². The Morgan fingerprint density at radius 1 is 1.42 bits per heavy atom. The smallest absolute Gasteiger partial charge is 0.391 e. The van der Waals surface area contributed by atoms with E-state index in [1.165, 1.54) is 17.0 Å². The molecule has 1 aliphatic rings. The van der Waals surface area contributed by atoms with Crippen molar-refractivity contribution in [1.82, 2.24) is 19.9 Å². The molecule has 0 saturated carbocycles. The van der Waals surface area contributed by atoms with Gasteiger partial charge in [0, 0.05) is 12.5 Å². The summed E-state index contributed by atoms with van der Waals surface area (Å²) in [6, 6.07) is 1.78. The third kappa shape index (κ3) is 3.57. The number of pyridine rings is 1. The van der Waals surface area contributed by atoms with Crippen molar-refractivity contribution in [2.75, 3.05) is 6.54 Å². The van der Waals surface area contributed by atoms with Gasteiger partial charge in [-0.1, -0.05) is 0 Å². The molecule has 2 atom stereocenters. The molecule has 1 fully saturated rings. The maximum Gasteiger partial charge on any atom is 0.433 e. The lowest BCUT2D eigenvalue weighted by Gasteiger charge is -2.28. The molecule has 2 aromatic heterocycles. The zero-order valence-corrected chi connectivity index (χ0v) is 12.8. The topological polar surface area (TPSA) is 80.0 Å². The number of fused-ring (bicyclic) bond motifs is 1. The summed E-state index contributed by atoms with van der Waals surface area (Å²) in [5, 5.41) is 13.0. The molecule has 24 heavy (non-hydrogen) atoms. The fourth-order valence-corrected chi connectivity index (χ4v) is 2.86. The van der Waals surface area contributed by atoms with Gasteiger partial charge in [-0.05, 0) is 31.5 Å². The minimum absolute atomic E-state index is 0.0235. The van der Waals surface area contributed by atoms with Crippen molar-refractivity contribution >= 4 is 16.9 Å². The van der Waals surface area contributed by atoms with Gasteiger partial charge < -0.3 is 15.0 Å². The van der Waals surface area contributed by atoms with Crippen LogP contribution in [0.1, 0.15) is 25.0 Å². The Balaban J connectivity index is 1.75. The van der Waals surface area contributed by atoms with Gasteiger partial charge in [0.15, 0.2) is 11.4 Å². The fraction of sp³-hybridized carbons (Fsp3) is 0.533. The second-order valence-electron chi connectivity index (χ2n) is 5.92. The van der Waals surface area contributed by atoms with Crippen molar-refractivity contribution in [3.05, 3.63) is 24.2 Å². The first-order valence-electron chi connectivity index (χ1n) is 7.67. The molecule has 6 nitrogen and oxygen atoms in total. The normalized spacial score (nSPS) is 22.0. The first-order chi connectivity index (χ1) is 11.3. The summed E-state index contributed by atoms with van der Waals surface area (Å²) in [7, 11) is 0. The van der Waals surface area contributed by atoms with E-state index in [0.29, 0.717) is 11.9 Å². The highest BCUT2D eigenvalue weighted by molar-refractivity contribution is 5.81. The molecule has 1 saturated heterocycles. The highest BCUT2D eigenvalue weighted by Gasteiger charge is 2.33. The molecule has 3 heterocycles. The van der Waals surface area contributed by atoms with Gasteiger partial charge in [-0.15, -0.1) is 0 Å². The number of halogens is 3. The second kappa shape index (κ2) is 6.48. The molecule has 9 heteroatoms. The van der Waals surface area contributed by atoms with E-state index in [1.807, 2.05) is 0 Å². The summed E-state index contributed by atoms with van der Waals surface area (Å²) < 4.78 is 39.6. The van der Waals surface area contributed by atoms with E-state index in [-0.39, 0.29) is 30.4 Å². The van der Waals surface area contributed by atoms with Crippen molar-refractivity contribution in [2.24, 2.45) is 0 Å². The molecule has 2 aromatic rings. The average Bonchev–Trinajstić information content (AvgIpc) is 2.91. The Hall–Kier alpha value is -2.00. The minimum Gasteiger partial charge on any atom is -0.391 e. The van der Waals surface area contributed by atoms with Crippen molar-refractivity contribution < 1.29 is 23.1 Å². The maximum atomic E-state index is 12.8. The van der Waals surface area contributed by atoms with Crippen LogP contribution in [0.4, 0.5) is 13.2 Å². The van der Waals surface area contributed by atoms with Crippen molar-refractivity contribution in [3.8, 4) is 0 Å². The van der Waals surface area contributed by atoms with E-state index in [9.17, 15) is 23.1 Å². The fourth-order valence-electron chi connectivity index (χ4n) is 2.86. The Morgan fingerprint density at radius 3 is 2.92 bits per heavy atom. The number of nitrogens with one attached hydrogen (secondary N) is 1. The largest absolute Gasteiger partial charge is 0.433 e. The lowest BCUT2D eigenvalue weighted by Crippen LogP contribution is -2.46. The summed E-state index contributed by atoms with van der Waals surface area (Å²) in [6.07, 6.45) is -2.24. The number of carbonyl (C=O) groups is 1. The minimum atomic E-state index is -4.55. The number of hydrogen-bond acceptors (Lipinski definition) is 5. The van der Waals surface area contributed by atoms with Gasteiger partial charge in [-0.25, -0.2) is 9.97 Å². The number of aliphatic hydroxyl groups excluding tert-OH is 1. The molecule has 0 bridgehead atoms. The standard InChI is InChI=1S/C15H17F3N4O2/c16-15(17,18)13-4-3-10-14(21-13)22(8-20-10)7-9(23)6-11-12(24)2-1-5-19-11/h3-4,8,11-12,19,24H,1-2,5-7H2/t11-,12+/m1/s1. The molecule has 0 aromatic carbocycles. The van der Waals surface area contributed by atoms with Crippen LogP contribution in [0.3, 0.4) is 0 Å². The van der Waals surface area contributed by atoms with Crippen LogP contribution in [-0.4, -0.2) is 44.1 Å². The molecule has 0 amide bonds. The van der Waals surface area contributed by atoms with Gasteiger partial charge in [0.25, 0.3) is 0 Å². The van der Waals surface area contributed by atoms with Crippen LogP contribution in [0.2, 0.25) is 0 Å². The van der Waals surface area contributed by atoms with E-state index in [2.05, 4.69) is 15.3 Å². The number of carbonyl (C=O) groups excluding carboxylic acids is 1. The van der Waals surface area contributed by atoms with Gasteiger partial charge in [-0.2, -0.15) is 13.2 Å².